The second-order valence-corrected chi connectivity index (χ2v) is 15.5. The standard InChI is InChI=1S/C31H52N6O5S/c1-5-6-16-36-29(39)27(28(38)24-10-8-7-9-11-24)32-30(40)31(36)14-19-34(20-15-31)21-26-22(2)33-37(23(26)3)25-12-17-35(18-13-25)43(4,41)42/h24-25,27-28,38H,5-21H2,1-4H3,(H,32,40)/t27-,28-/m1/s1. The first-order valence-corrected chi connectivity index (χ1v) is 18.3. The van der Waals surface area contributed by atoms with Crippen molar-refractivity contribution in [3.63, 3.8) is 0 Å². The van der Waals surface area contributed by atoms with Gasteiger partial charge in [-0.3, -0.25) is 19.2 Å². The fourth-order valence-electron chi connectivity index (χ4n) is 7.96. The Morgan fingerprint density at radius 2 is 1.67 bits per heavy atom. The van der Waals surface area contributed by atoms with Crippen LogP contribution in [-0.4, -0.2) is 106 Å². The predicted molar refractivity (Wildman–Crippen MR) is 165 cm³/mol. The zero-order valence-electron chi connectivity index (χ0n) is 26.6. The summed E-state index contributed by atoms with van der Waals surface area (Å²) in [7, 11) is -3.17. The number of carbonyl (C=O) groups excluding carboxylic acids is 2. The summed E-state index contributed by atoms with van der Waals surface area (Å²) < 4.78 is 27.5. The Hall–Kier alpha value is -2.02. The van der Waals surface area contributed by atoms with Crippen LogP contribution >= 0.6 is 0 Å². The van der Waals surface area contributed by atoms with Crippen molar-refractivity contribution in [2.75, 3.05) is 39.0 Å². The number of rotatable bonds is 9. The Morgan fingerprint density at radius 1 is 1.02 bits per heavy atom. The monoisotopic (exact) mass is 620 g/mol. The first-order valence-electron chi connectivity index (χ1n) is 16.5. The molecule has 2 atom stereocenters. The number of amides is 2. The van der Waals surface area contributed by atoms with E-state index in [4.69, 9.17) is 5.10 Å². The van der Waals surface area contributed by atoms with E-state index in [2.05, 4.69) is 28.7 Å². The van der Waals surface area contributed by atoms with Crippen LogP contribution in [0.5, 0.6) is 0 Å². The van der Waals surface area contributed by atoms with E-state index in [1.165, 1.54) is 18.2 Å². The van der Waals surface area contributed by atoms with Crippen molar-refractivity contribution in [1.82, 2.24) is 29.2 Å². The van der Waals surface area contributed by atoms with E-state index < -0.39 is 27.7 Å². The van der Waals surface area contributed by atoms with Crippen LogP contribution in [0.3, 0.4) is 0 Å². The number of sulfonamides is 1. The Balaban J connectivity index is 1.25. The van der Waals surface area contributed by atoms with Crippen molar-refractivity contribution in [2.45, 2.75) is 122 Å². The van der Waals surface area contributed by atoms with Gasteiger partial charge in [0.15, 0.2) is 0 Å². The SMILES string of the molecule is CCCCN1C(=O)[C@@H]([C@H](O)C2CCCCC2)NC(=O)C12CCN(Cc1c(C)nn(C3CCN(S(C)(=O)=O)CC3)c1C)CC2. The molecule has 1 spiro atoms. The topological polar surface area (TPSA) is 128 Å². The van der Waals surface area contributed by atoms with Crippen molar-refractivity contribution in [3.05, 3.63) is 17.0 Å². The van der Waals surface area contributed by atoms with Gasteiger partial charge in [0.05, 0.1) is 24.1 Å². The molecule has 4 heterocycles. The highest BCUT2D eigenvalue weighted by atomic mass is 32.2. The molecule has 4 aliphatic rings. The number of hydrogen-bond donors (Lipinski definition) is 2. The molecule has 1 aromatic rings. The van der Waals surface area contributed by atoms with Gasteiger partial charge in [0.1, 0.15) is 11.6 Å². The lowest BCUT2D eigenvalue weighted by atomic mass is 9.78. The lowest BCUT2D eigenvalue weighted by Crippen LogP contribution is -2.75. The zero-order valence-corrected chi connectivity index (χ0v) is 27.4. The van der Waals surface area contributed by atoms with E-state index in [-0.39, 0.29) is 23.8 Å². The fourth-order valence-corrected chi connectivity index (χ4v) is 8.83. The normalized spacial score (nSPS) is 25.8. The van der Waals surface area contributed by atoms with Gasteiger partial charge in [0.25, 0.3) is 0 Å². The van der Waals surface area contributed by atoms with E-state index in [1.807, 2.05) is 11.8 Å². The van der Waals surface area contributed by atoms with Crippen LogP contribution in [0.15, 0.2) is 0 Å². The predicted octanol–water partition coefficient (Wildman–Crippen LogP) is 2.50. The highest BCUT2D eigenvalue weighted by Crippen LogP contribution is 2.37. The third-order valence-electron chi connectivity index (χ3n) is 10.7. The maximum Gasteiger partial charge on any atom is 0.248 e. The quantitative estimate of drug-likeness (QED) is 0.434. The molecule has 3 aliphatic heterocycles. The van der Waals surface area contributed by atoms with Crippen molar-refractivity contribution < 1.29 is 23.1 Å². The molecule has 11 nitrogen and oxygen atoms in total. The van der Waals surface area contributed by atoms with E-state index in [0.717, 1.165) is 69.3 Å². The van der Waals surface area contributed by atoms with E-state index >= 15 is 0 Å². The number of aliphatic hydroxyl groups is 1. The molecule has 242 valence electrons. The Kier molecular flexibility index (Phi) is 9.90. The molecule has 2 N–H and O–H groups in total. The Morgan fingerprint density at radius 3 is 2.28 bits per heavy atom. The third-order valence-corrected chi connectivity index (χ3v) is 12.0. The Labute approximate surface area is 257 Å². The molecule has 0 unspecified atom stereocenters. The average Bonchev–Trinajstić information content (AvgIpc) is 3.28. The second-order valence-electron chi connectivity index (χ2n) is 13.5. The minimum atomic E-state index is -3.17. The maximum atomic E-state index is 13.9. The number of aromatic nitrogens is 2. The lowest BCUT2D eigenvalue weighted by molar-refractivity contribution is -0.166. The number of aliphatic hydroxyl groups excluding tert-OH is 1. The summed E-state index contributed by atoms with van der Waals surface area (Å²) in [5.41, 5.74) is 2.42. The van der Waals surface area contributed by atoms with Crippen LogP contribution in [0.2, 0.25) is 0 Å². The minimum Gasteiger partial charge on any atom is -0.390 e. The number of unbranched alkanes of at least 4 members (excludes halogenated alkanes) is 1. The Bertz CT molecular complexity index is 1260. The summed E-state index contributed by atoms with van der Waals surface area (Å²) in [4.78, 5) is 31.9. The first-order chi connectivity index (χ1) is 20.5. The zero-order chi connectivity index (χ0) is 30.9. The average molecular weight is 621 g/mol. The number of nitrogens with zero attached hydrogens (tertiary/aromatic N) is 5. The number of piperazine rings is 1. The molecule has 0 radical (unpaired) electrons. The number of aryl methyl sites for hydroxylation is 1. The number of likely N-dealkylation sites (tertiary alicyclic amines) is 1. The van der Waals surface area contributed by atoms with Crippen LogP contribution in [0.4, 0.5) is 0 Å². The van der Waals surface area contributed by atoms with Gasteiger partial charge in [0.2, 0.25) is 21.8 Å². The van der Waals surface area contributed by atoms with Crippen molar-refractivity contribution >= 4 is 21.8 Å². The van der Waals surface area contributed by atoms with Crippen molar-refractivity contribution in [3.8, 4) is 0 Å². The van der Waals surface area contributed by atoms with Crippen LogP contribution in [0, 0.1) is 19.8 Å². The molecular formula is C31H52N6O5S. The molecular weight excluding hydrogens is 568 g/mol. The fraction of sp³-hybridized carbons (Fsp3) is 0.839. The van der Waals surface area contributed by atoms with Crippen molar-refractivity contribution in [1.29, 1.82) is 0 Å². The minimum absolute atomic E-state index is 0.0616. The van der Waals surface area contributed by atoms with Crippen LogP contribution in [0.1, 0.15) is 101 Å². The first kappa shape index (κ1) is 32.4. The van der Waals surface area contributed by atoms with E-state index in [0.29, 0.717) is 45.6 Å². The van der Waals surface area contributed by atoms with Crippen LogP contribution < -0.4 is 5.32 Å². The van der Waals surface area contributed by atoms with Crippen LogP contribution in [-0.2, 0) is 26.2 Å². The number of nitrogens with one attached hydrogen (secondary N) is 1. The van der Waals surface area contributed by atoms with Gasteiger partial charge in [-0.1, -0.05) is 32.6 Å². The second kappa shape index (κ2) is 13.1. The third kappa shape index (κ3) is 6.53. The van der Waals surface area contributed by atoms with Gasteiger partial charge in [0, 0.05) is 50.5 Å². The largest absolute Gasteiger partial charge is 0.390 e. The molecule has 2 amide bonds. The highest BCUT2D eigenvalue weighted by molar-refractivity contribution is 7.88. The molecule has 3 saturated heterocycles. The lowest BCUT2D eigenvalue weighted by Gasteiger charge is -2.52. The van der Waals surface area contributed by atoms with Gasteiger partial charge in [-0.15, -0.1) is 0 Å². The molecule has 4 fully saturated rings. The summed E-state index contributed by atoms with van der Waals surface area (Å²) >= 11 is 0. The van der Waals surface area contributed by atoms with Crippen LogP contribution in [0.25, 0.3) is 0 Å². The van der Waals surface area contributed by atoms with Crippen molar-refractivity contribution in [2.24, 2.45) is 5.92 Å². The van der Waals surface area contributed by atoms with Gasteiger partial charge < -0.3 is 15.3 Å². The number of piperidine rings is 2. The molecule has 12 heteroatoms. The van der Waals surface area contributed by atoms with Gasteiger partial charge in [-0.2, -0.15) is 5.10 Å². The summed E-state index contributed by atoms with van der Waals surface area (Å²) in [6, 6.07) is -0.674. The molecule has 5 rings (SSSR count). The highest BCUT2D eigenvalue weighted by Gasteiger charge is 2.55. The number of carbonyl (C=O) groups is 2. The molecule has 1 aliphatic carbocycles. The molecule has 43 heavy (non-hydrogen) atoms. The summed E-state index contributed by atoms with van der Waals surface area (Å²) in [6.07, 6.45) is 9.93. The molecule has 0 aromatic carbocycles. The van der Waals surface area contributed by atoms with E-state index in [9.17, 15) is 23.1 Å². The molecule has 1 saturated carbocycles. The smallest absolute Gasteiger partial charge is 0.248 e. The summed E-state index contributed by atoms with van der Waals surface area (Å²) in [5.74, 6) is -0.163. The molecule has 0 bridgehead atoms. The van der Waals surface area contributed by atoms with Gasteiger partial charge >= 0.3 is 0 Å². The summed E-state index contributed by atoms with van der Waals surface area (Å²) in [6.45, 7) is 9.90. The van der Waals surface area contributed by atoms with E-state index in [1.54, 1.807) is 4.31 Å². The maximum absolute atomic E-state index is 13.9. The van der Waals surface area contributed by atoms with Gasteiger partial charge in [-0.25, -0.2) is 12.7 Å². The molecule has 1 aromatic heterocycles. The van der Waals surface area contributed by atoms with Gasteiger partial charge in [-0.05, 0) is 64.7 Å². The summed E-state index contributed by atoms with van der Waals surface area (Å²) in [5, 5.41) is 19.1. The number of hydrogen-bond acceptors (Lipinski definition) is 7.